The van der Waals surface area contributed by atoms with Gasteiger partial charge in [-0.25, -0.2) is 4.79 Å². The minimum absolute atomic E-state index is 0.131. The summed E-state index contributed by atoms with van der Waals surface area (Å²) in [5.74, 6) is 0.258. The maximum atomic E-state index is 12.6. The molecule has 0 radical (unpaired) electrons. The van der Waals surface area contributed by atoms with Crippen LogP contribution in [0.5, 0.6) is 5.75 Å². The number of nitrogens with zero attached hydrogens (tertiary/aromatic N) is 1. The van der Waals surface area contributed by atoms with E-state index in [0.29, 0.717) is 12.1 Å². The number of carbonyl (C=O) groups excluding carboxylic acids is 3. The summed E-state index contributed by atoms with van der Waals surface area (Å²) in [5, 5.41) is 6.58. The summed E-state index contributed by atoms with van der Waals surface area (Å²) in [6.45, 7) is 0.288. The lowest BCUT2D eigenvalue weighted by Crippen LogP contribution is -2.33. The molecule has 1 aromatic heterocycles. The molecule has 0 unspecified atom stereocenters. The standard InChI is InChI=1S/C23H24N4O4/c1-31-18-6-2-15(3-7-18)11-13-27-22(29)19(26-23(27)30)8-9-21(28)25-17-5-4-16-10-12-24-20(16)14-17/h2-7,10,12,14,19,24H,8-9,11,13H2,1H3,(H,25,28)(H,26,30)/t19-/m0/s1. The molecule has 4 rings (SSSR count). The number of ether oxygens (including phenoxy) is 1. The van der Waals surface area contributed by atoms with Gasteiger partial charge in [-0.2, -0.15) is 0 Å². The molecule has 8 heteroatoms. The van der Waals surface area contributed by atoms with Gasteiger partial charge in [0.15, 0.2) is 0 Å². The molecule has 1 saturated heterocycles. The Morgan fingerprint density at radius 1 is 1.13 bits per heavy atom. The molecule has 1 atom stereocenters. The third kappa shape index (κ3) is 4.69. The molecule has 3 N–H and O–H groups in total. The van der Waals surface area contributed by atoms with Crippen LogP contribution in [0.25, 0.3) is 10.9 Å². The minimum Gasteiger partial charge on any atom is -0.497 e. The normalized spacial score (nSPS) is 15.9. The molecule has 3 aromatic rings. The highest BCUT2D eigenvalue weighted by molar-refractivity contribution is 6.04. The van der Waals surface area contributed by atoms with Gasteiger partial charge < -0.3 is 20.4 Å². The molecule has 8 nitrogen and oxygen atoms in total. The van der Waals surface area contributed by atoms with E-state index in [1.807, 2.05) is 54.7 Å². The van der Waals surface area contributed by atoms with E-state index in [9.17, 15) is 14.4 Å². The van der Waals surface area contributed by atoms with Crippen LogP contribution in [0.3, 0.4) is 0 Å². The van der Waals surface area contributed by atoms with Crippen molar-refractivity contribution in [3.05, 3.63) is 60.3 Å². The van der Waals surface area contributed by atoms with Crippen LogP contribution in [0.1, 0.15) is 18.4 Å². The largest absolute Gasteiger partial charge is 0.497 e. The Labute approximate surface area is 179 Å². The van der Waals surface area contributed by atoms with Crippen LogP contribution < -0.4 is 15.4 Å². The molecule has 0 saturated carbocycles. The molecule has 31 heavy (non-hydrogen) atoms. The molecule has 160 valence electrons. The SMILES string of the molecule is COc1ccc(CCN2C(=O)N[C@@H](CCC(=O)Nc3ccc4cc[nH]c4c3)C2=O)cc1. The zero-order valence-corrected chi connectivity index (χ0v) is 17.2. The van der Waals surface area contributed by atoms with E-state index < -0.39 is 12.1 Å². The van der Waals surface area contributed by atoms with Gasteiger partial charge in [0.2, 0.25) is 5.91 Å². The van der Waals surface area contributed by atoms with Crippen molar-refractivity contribution in [1.29, 1.82) is 0 Å². The predicted octanol–water partition coefficient (Wildman–Crippen LogP) is 3.06. The number of benzene rings is 2. The van der Waals surface area contributed by atoms with Gasteiger partial charge in [0, 0.05) is 30.4 Å². The Kier molecular flexibility index (Phi) is 5.88. The number of anilines is 1. The molecular formula is C23H24N4O4. The average Bonchev–Trinajstić information content (AvgIpc) is 3.35. The number of imide groups is 1. The van der Waals surface area contributed by atoms with Gasteiger partial charge in [-0.15, -0.1) is 0 Å². The van der Waals surface area contributed by atoms with Gasteiger partial charge in [0.25, 0.3) is 5.91 Å². The monoisotopic (exact) mass is 420 g/mol. The highest BCUT2D eigenvalue weighted by atomic mass is 16.5. The number of nitrogens with one attached hydrogen (secondary N) is 3. The summed E-state index contributed by atoms with van der Waals surface area (Å²) < 4.78 is 5.13. The van der Waals surface area contributed by atoms with Crippen molar-refractivity contribution in [2.24, 2.45) is 0 Å². The highest BCUT2D eigenvalue weighted by Crippen LogP contribution is 2.19. The van der Waals surface area contributed by atoms with E-state index in [0.717, 1.165) is 22.2 Å². The van der Waals surface area contributed by atoms with Gasteiger partial charge in [-0.1, -0.05) is 18.2 Å². The summed E-state index contributed by atoms with van der Waals surface area (Å²) in [4.78, 5) is 41.5. The number of rotatable bonds is 8. The van der Waals surface area contributed by atoms with Crippen LogP contribution >= 0.6 is 0 Å². The number of fused-ring (bicyclic) bond motifs is 1. The second-order valence-corrected chi connectivity index (χ2v) is 7.46. The predicted molar refractivity (Wildman–Crippen MR) is 117 cm³/mol. The zero-order valence-electron chi connectivity index (χ0n) is 17.2. The van der Waals surface area contributed by atoms with E-state index in [1.165, 1.54) is 4.90 Å². The van der Waals surface area contributed by atoms with Crippen molar-refractivity contribution in [2.75, 3.05) is 19.0 Å². The quantitative estimate of drug-likeness (QED) is 0.487. The average molecular weight is 420 g/mol. The maximum Gasteiger partial charge on any atom is 0.324 e. The molecule has 0 spiro atoms. The smallest absolute Gasteiger partial charge is 0.324 e. The fraction of sp³-hybridized carbons (Fsp3) is 0.261. The van der Waals surface area contributed by atoms with Crippen molar-refractivity contribution < 1.29 is 19.1 Å². The molecule has 2 heterocycles. The van der Waals surface area contributed by atoms with Crippen LogP contribution in [-0.4, -0.2) is 47.4 Å². The third-order valence-electron chi connectivity index (χ3n) is 5.39. The Hall–Kier alpha value is -3.81. The van der Waals surface area contributed by atoms with Crippen molar-refractivity contribution >= 4 is 34.4 Å². The first-order valence-corrected chi connectivity index (χ1v) is 10.2. The van der Waals surface area contributed by atoms with Crippen molar-refractivity contribution in [2.45, 2.75) is 25.3 Å². The number of methoxy groups -OCH3 is 1. The Morgan fingerprint density at radius 3 is 2.71 bits per heavy atom. The van der Waals surface area contributed by atoms with Gasteiger partial charge in [-0.05, 0) is 54.1 Å². The summed E-state index contributed by atoms with van der Waals surface area (Å²) in [6.07, 6.45) is 2.77. The highest BCUT2D eigenvalue weighted by Gasteiger charge is 2.37. The zero-order chi connectivity index (χ0) is 21.8. The van der Waals surface area contributed by atoms with Crippen LogP contribution in [0.2, 0.25) is 0 Å². The van der Waals surface area contributed by atoms with Gasteiger partial charge in [0.05, 0.1) is 7.11 Å². The molecule has 1 aliphatic rings. The Balaban J connectivity index is 1.27. The fourth-order valence-electron chi connectivity index (χ4n) is 3.64. The molecule has 2 aromatic carbocycles. The lowest BCUT2D eigenvalue weighted by Gasteiger charge is -2.13. The lowest BCUT2D eigenvalue weighted by molar-refractivity contribution is -0.127. The lowest BCUT2D eigenvalue weighted by atomic mass is 10.1. The minimum atomic E-state index is -0.681. The van der Waals surface area contributed by atoms with Crippen molar-refractivity contribution in [3.63, 3.8) is 0 Å². The summed E-state index contributed by atoms with van der Waals surface area (Å²) in [7, 11) is 1.60. The van der Waals surface area contributed by atoms with E-state index in [-0.39, 0.29) is 31.2 Å². The number of aromatic nitrogens is 1. The Morgan fingerprint density at radius 2 is 1.94 bits per heavy atom. The Bertz CT molecular complexity index is 1110. The first-order valence-electron chi connectivity index (χ1n) is 10.2. The van der Waals surface area contributed by atoms with Crippen LogP contribution in [0.4, 0.5) is 10.5 Å². The van der Waals surface area contributed by atoms with E-state index in [1.54, 1.807) is 7.11 Å². The topological polar surface area (TPSA) is 104 Å². The van der Waals surface area contributed by atoms with Crippen LogP contribution in [0.15, 0.2) is 54.7 Å². The van der Waals surface area contributed by atoms with Gasteiger partial charge in [-0.3, -0.25) is 14.5 Å². The summed E-state index contributed by atoms with van der Waals surface area (Å²) in [6, 6.07) is 14.0. The van der Waals surface area contributed by atoms with Crippen molar-refractivity contribution in [1.82, 2.24) is 15.2 Å². The second kappa shape index (κ2) is 8.91. The van der Waals surface area contributed by atoms with E-state index >= 15 is 0 Å². The maximum absolute atomic E-state index is 12.6. The third-order valence-corrected chi connectivity index (χ3v) is 5.39. The summed E-state index contributed by atoms with van der Waals surface area (Å²) >= 11 is 0. The number of hydrogen-bond acceptors (Lipinski definition) is 4. The van der Waals surface area contributed by atoms with Gasteiger partial charge in [0.1, 0.15) is 11.8 Å². The molecule has 1 aliphatic heterocycles. The van der Waals surface area contributed by atoms with Gasteiger partial charge >= 0.3 is 6.03 Å². The first kappa shape index (κ1) is 20.5. The molecule has 1 fully saturated rings. The van der Waals surface area contributed by atoms with Crippen molar-refractivity contribution in [3.8, 4) is 5.75 Å². The number of amides is 4. The van der Waals surface area contributed by atoms with E-state index in [2.05, 4.69) is 15.6 Å². The first-order chi connectivity index (χ1) is 15.0. The molecule has 4 amide bonds. The number of urea groups is 1. The fourth-order valence-corrected chi connectivity index (χ4v) is 3.64. The number of carbonyl (C=O) groups is 3. The van der Waals surface area contributed by atoms with E-state index in [4.69, 9.17) is 4.74 Å². The number of H-pyrrole nitrogens is 1. The molecular weight excluding hydrogens is 396 g/mol. The number of hydrogen-bond donors (Lipinski definition) is 3. The second-order valence-electron chi connectivity index (χ2n) is 7.46. The molecule has 0 bridgehead atoms. The molecule has 0 aliphatic carbocycles. The summed E-state index contributed by atoms with van der Waals surface area (Å²) in [5.41, 5.74) is 2.62. The number of aromatic amines is 1. The van der Waals surface area contributed by atoms with Crippen LogP contribution in [-0.2, 0) is 16.0 Å². The van der Waals surface area contributed by atoms with Crippen LogP contribution in [0, 0.1) is 0 Å².